The lowest BCUT2D eigenvalue weighted by molar-refractivity contribution is -0.384. The SMILES string of the molecule is O=C(c1cccc([N+](=O)[O-])c1)N1CCN(CCNc2cc(=O)oc3ccccc23)CC1. The molecule has 0 bridgehead atoms. The van der Waals surface area contributed by atoms with Crippen LogP contribution in [0.25, 0.3) is 11.0 Å². The van der Waals surface area contributed by atoms with Gasteiger partial charge >= 0.3 is 5.63 Å². The number of rotatable bonds is 6. The van der Waals surface area contributed by atoms with E-state index in [-0.39, 0.29) is 11.6 Å². The number of nitro benzene ring substituents is 1. The molecule has 0 spiro atoms. The van der Waals surface area contributed by atoms with Crippen molar-refractivity contribution in [3.63, 3.8) is 0 Å². The van der Waals surface area contributed by atoms with Gasteiger partial charge in [0.25, 0.3) is 11.6 Å². The molecule has 1 aliphatic rings. The maximum Gasteiger partial charge on any atom is 0.338 e. The second-order valence-corrected chi connectivity index (χ2v) is 7.34. The van der Waals surface area contributed by atoms with E-state index in [2.05, 4.69) is 10.2 Å². The molecule has 31 heavy (non-hydrogen) atoms. The first-order valence-electron chi connectivity index (χ1n) is 10.0. The van der Waals surface area contributed by atoms with Gasteiger partial charge < -0.3 is 14.6 Å². The van der Waals surface area contributed by atoms with Crippen LogP contribution < -0.4 is 10.9 Å². The van der Waals surface area contributed by atoms with Crippen molar-refractivity contribution in [1.29, 1.82) is 0 Å². The predicted octanol–water partition coefficient (Wildman–Crippen LogP) is 2.57. The van der Waals surface area contributed by atoms with Crippen molar-refractivity contribution in [2.45, 2.75) is 0 Å². The fourth-order valence-electron chi connectivity index (χ4n) is 3.72. The molecule has 1 N–H and O–H groups in total. The average molecular weight is 422 g/mol. The topological polar surface area (TPSA) is 109 Å². The summed E-state index contributed by atoms with van der Waals surface area (Å²) in [6.07, 6.45) is 0. The van der Waals surface area contributed by atoms with Gasteiger partial charge in [0.2, 0.25) is 0 Å². The lowest BCUT2D eigenvalue weighted by Crippen LogP contribution is -2.49. The summed E-state index contributed by atoms with van der Waals surface area (Å²) < 4.78 is 5.21. The van der Waals surface area contributed by atoms with E-state index in [1.807, 2.05) is 18.2 Å². The van der Waals surface area contributed by atoms with E-state index in [0.717, 1.165) is 17.6 Å². The van der Waals surface area contributed by atoms with Crippen molar-refractivity contribution < 1.29 is 14.1 Å². The van der Waals surface area contributed by atoms with Gasteiger partial charge in [-0.2, -0.15) is 0 Å². The van der Waals surface area contributed by atoms with E-state index in [1.165, 1.54) is 24.3 Å². The van der Waals surface area contributed by atoms with E-state index in [0.29, 0.717) is 43.9 Å². The van der Waals surface area contributed by atoms with Crippen molar-refractivity contribution >= 4 is 28.3 Å². The van der Waals surface area contributed by atoms with Crippen molar-refractivity contribution in [3.8, 4) is 0 Å². The zero-order chi connectivity index (χ0) is 21.8. The molecule has 0 radical (unpaired) electrons. The predicted molar refractivity (Wildman–Crippen MR) is 116 cm³/mol. The Hall–Kier alpha value is -3.72. The number of nitrogens with one attached hydrogen (secondary N) is 1. The average Bonchev–Trinajstić information content (AvgIpc) is 2.79. The molecule has 9 heteroatoms. The normalized spacial score (nSPS) is 14.5. The molecule has 9 nitrogen and oxygen atoms in total. The Morgan fingerprint density at radius 2 is 1.84 bits per heavy atom. The molecule has 1 saturated heterocycles. The minimum Gasteiger partial charge on any atom is -0.423 e. The standard InChI is InChI=1S/C22H22N4O5/c27-21-15-19(18-6-1-2-7-20(18)31-21)23-8-9-24-10-12-25(13-11-24)22(28)16-4-3-5-17(14-16)26(29)30/h1-7,14-15,23H,8-13H2. The van der Waals surface area contributed by atoms with Gasteiger partial charge in [0.1, 0.15) is 5.58 Å². The molecule has 4 rings (SSSR count). The zero-order valence-electron chi connectivity index (χ0n) is 16.8. The molecule has 0 aliphatic carbocycles. The zero-order valence-corrected chi connectivity index (χ0v) is 16.8. The van der Waals surface area contributed by atoms with Gasteiger partial charge in [0.15, 0.2) is 0 Å². The van der Waals surface area contributed by atoms with E-state index in [4.69, 9.17) is 4.42 Å². The fraction of sp³-hybridized carbons (Fsp3) is 0.273. The highest BCUT2D eigenvalue weighted by Crippen LogP contribution is 2.21. The number of hydrogen-bond acceptors (Lipinski definition) is 7. The van der Waals surface area contributed by atoms with E-state index < -0.39 is 10.5 Å². The smallest absolute Gasteiger partial charge is 0.338 e. The second-order valence-electron chi connectivity index (χ2n) is 7.34. The Kier molecular flexibility index (Phi) is 5.94. The summed E-state index contributed by atoms with van der Waals surface area (Å²) >= 11 is 0. The second kappa shape index (κ2) is 8.97. The number of non-ortho nitro benzene ring substituents is 1. The van der Waals surface area contributed by atoms with Gasteiger partial charge in [-0.15, -0.1) is 0 Å². The molecule has 1 amide bonds. The number of anilines is 1. The van der Waals surface area contributed by atoms with Crippen LogP contribution in [0.1, 0.15) is 10.4 Å². The van der Waals surface area contributed by atoms with Crippen LogP contribution in [0.15, 0.2) is 63.8 Å². The Morgan fingerprint density at radius 1 is 1.06 bits per heavy atom. The molecular weight excluding hydrogens is 400 g/mol. The molecule has 3 aromatic rings. The Balaban J connectivity index is 1.30. The van der Waals surface area contributed by atoms with E-state index in [9.17, 15) is 19.7 Å². The van der Waals surface area contributed by atoms with Crippen LogP contribution in [0.5, 0.6) is 0 Å². The minimum atomic E-state index is -0.498. The number of fused-ring (bicyclic) bond motifs is 1. The highest BCUT2D eigenvalue weighted by atomic mass is 16.6. The number of piperazine rings is 1. The summed E-state index contributed by atoms with van der Waals surface area (Å²) in [4.78, 5) is 38.8. The lowest BCUT2D eigenvalue weighted by atomic mass is 10.1. The van der Waals surface area contributed by atoms with Crippen molar-refractivity contribution in [1.82, 2.24) is 9.80 Å². The fourth-order valence-corrected chi connectivity index (χ4v) is 3.72. The highest BCUT2D eigenvalue weighted by molar-refractivity contribution is 5.95. The third-order valence-corrected chi connectivity index (χ3v) is 5.36. The van der Waals surface area contributed by atoms with Crippen LogP contribution in [0, 0.1) is 10.1 Å². The van der Waals surface area contributed by atoms with Crippen molar-refractivity contribution in [2.75, 3.05) is 44.6 Å². The van der Waals surface area contributed by atoms with Gasteiger partial charge in [0, 0.05) is 68.4 Å². The summed E-state index contributed by atoms with van der Waals surface area (Å²) in [6.45, 7) is 3.93. The largest absolute Gasteiger partial charge is 0.423 e. The number of carbonyl (C=O) groups is 1. The maximum atomic E-state index is 12.7. The molecule has 1 aliphatic heterocycles. The molecule has 0 atom stereocenters. The molecule has 0 saturated carbocycles. The van der Waals surface area contributed by atoms with Gasteiger partial charge in [-0.05, 0) is 18.2 Å². The summed E-state index contributed by atoms with van der Waals surface area (Å²) in [5.74, 6) is -0.191. The van der Waals surface area contributed by atoms with Crippen molar-refractivity contribution in [2.24, 2.45) is 0 Å². The maximum absolute atomic E-state index is 12.7. The first-order valence-corrected chi connectivity index (χ1v) is 10.0. The van der Waals surface area contributed by atoms with Gasteiger partial charge in [-0.3, -0.25) is 19.8 Å². The summed E-state index contributed by atoms with van der Waals surface area (Å²) in [5.41, 5.74) is 1.14. The van der Waals surface area contributed by atoms with Crippen LogP contribution >= 0.6 is 0 Å². The van der Waals surface area contributed by atoms with Crippen LogP contribution in [-0.4, -0.2) is 59.9 Å². The molecule has 0 unspecified atom stereocenters. The van der Waals surface area contributed by atoms with E-state index >= 15 is 0 Å². The van der Waals surface area contributed by atoms with Gasteiger partial charge in [-0.25, -0.2) is 4.79 Å². The molecule has 160 valence electrons. The minimum absolute atomic E-state index is 0.0852. The number of para-hydroxylation sites is 1. The van der Waals surface area contributed by atoms with Crippen LogP contribution in [0.3, 0.4) is 0 Å². The molecule has 1 aromatic heterocycles. The monoisotopic (exact) mass is 422 g/mol. The number of nitro groups is 1. The van der Waals surface area contributed by atoms with Gasteiger partial charge in [-0.1, -0.05) is 18.2 Å². The Bertz CT molecular complexity index is 1170. The summed E-state index contributed by atoms with van der Waals surface area (Å²) in [5, 5.41) is 15.1. The Morgan fingerprint density at radius 3 is 2.61 bits per heavy atom. The number of benzene rings is 2. The number of nitrogens with zero attached hydrogens (tertiary/aromatic N) is 3. The number of amides is 1. The number of carbonyl (C=O) groups excluding carboxylic acids is 1. The Labute approximate surface area is 178 Å². The molecular formula is C22H22N4O5. The molecule has 2 aromatic carbocycles. The first-order chi connectivity index (χ1) is 15.0. The molecule has 2 heterocycles. The summed E-state index contributed by atoms with van der Waals surface area (Å²) in [7, 11) is 0. The third kappa shape index (κ3) is 4.72. The number of hydrogen-bond donors (Lipinski definition) is 1. The van der Waals surface area contributed by atoms with Crippen LogP contribution in [0.2, 0.25) is 0 Å². The van der Waals surface area contributed by atoms with Crippen molar-refractivity contribution in [3.05, 3.63) is 80.7 Å². The quantitative estimate of drug-likeness (QED) is 0.369. The van der Waals surface area contributed by atoms with Gasteiger partial charge in [0.05, 0.1) is 10.6 Å². The van der Waals surface area contributed by atoms with Crippen LogP contribution in [-0.2, 0) is 0 Å². The lowest BCUT2D eigenvalue weighted by Gasteiger charge is -2.34. The highest BCUT2D eigenvalue weighted by Gasteiger charge is 2.23. The first kappa shape index (κ1) is 20.5. The molecule has 1 fully saturated rings. The van der Waals surface area contributed by atoms with Crippen LogP contribution in [0.4, 0.5) is 11.4 Å². The van der Waals surface area contributed by atoms with E-state index in [1.54, 1.807) is 17.0 Å². The third-order valence-electron chi connectivity index (χ3n) is 5.36. The summed E-state index contributed by atoms with van der Waals surface area (Å²) in [6, 6.07) is 14.7.